The van der Waals surface area contributed by atoms with Crippen LogP contribution < -0.4 is 20.3 Å². The second-order valence-corrected chi connectivity index (χ2v) is 8.54. The largest absolute Gasteiger partial charge is 0.495 e. The number of methoxy groups -OCH3 is 1. The zero-order valence-electron chi connectivity index (χ0n) is 19.4. The molecule has 0 bridgehead atoms. The minimum atomic E-state index is -0.350. The van der Waals surface area contributed by atoms with Crippen LogP contribution in [0.25, 0.3) is 0 Å². The summed E-state index contributed by atoms with van der Waals surface area (Å²) in [5.41, 5.74) is 1.19. The predicted molar refractivity (Wildman–Crippen MR) is 133 cm³/mol. The van der Waals surface area contributed by atoms with E-state index in [1.807, 2.05) is 11.0 Å². The topological polar surface area (TPSA) is 125 Å². The van der Waals surface area contributed by atoms with Crippen LogP contribution in [0, 0.1) is 0 Å². The van der Waals surface area contributed by atoms with Crippen molar-refractivity contribution in [2.24, 2.45) is 0 Å². The Bertz CT molecular complexity index is 1150. The summed E-state index contributed by atoms with van der Waals surface area (Å²) in [6, 6.07) is 7.14. The third kappa shape index (κ3) is 6.14. The van der Waals surface area contributed by atoms with Gasteiger partial charge in [0.25, 0.3) is 5.91 Å². The first-order valence-electron chi connectivity index (χ1n) is 11.4. The number of hydrogen-bond acceptors (Lipinski definition) is 9. The summed E-state index contributed by atoms with van der Waals surface area (Å²) in [6.45, 7) is 1.32. The monoisotopic (exact) mass is 497 g/mol. The number of amides is 1. The number of ether oxygens (including phenoxy) is 1. The smallest absolute Gasteiger partial charge is 0.256 e. The molecule has 1 fully saturated rings. The SMILES string of the molecule is COc1ccc(CNc2nc(N3CCCC[C@H]3CO)ncc2C(=O)NCc2ncccn2)cc1Cl. The Morgan fingerprint density at radius 1 is 1.23 bits per heavy atom. The van der Waals surface area contributed by atoms with E-state index < -0.39 is 0 Å². The second kappa shape index (κ2) is 11.8. The summed E-state index contributed by atoms with van der Waals surface area (Å²) in [5, 5.41) is 16.4. The zero-order valence-corrected chi connectivity index (χ0v) is 20.2. The number of benzene rings is 1. The van der Waals surface area contributed by atoms with E-state index in [0.717, 1.165) is 31.4 Å². The Hall–Kier alpha value is -3.50. The molecule has 10 nitrogen and oxygen atoms in total. The van der Waals surface area contributed by atoms with Crippen LogP contribution in [0.15, 0.2) is 42.9 Å². The molecule has 1 aromatic carbocycles. The number of halogens is 1. The summed E-state index contributed by atoms with van der Waals surface area (Å²) in [6.07, 6.45) is 7.66. The fourth-order valence-corrected chi connectivity index (χ4v) is 4.23. The minimum absolute atomic E-state index is 0.0236. The number of hydrogen-bond donors (Lipinski definition) is 3. The summed E-state index contributed by atoms with van der Waals surface area (Å²) < 4.78 is 5.22. The number of anilines is 2. The summed E-state index contributed by atoms with van der Waals surface area (Å²) in [7, 11) is 1.56. The van der Waals surface area contributed by atoms with Gasteiger partial charge in [-0.1, -0.05) is 17.7 Å². The van der Waals surface area contributed by atoms with Crippen LogP contribution in [0.4, 0.5) is 11.8 Å². The number of carbonyl (C=O) groups is 1. The van der Waals surface area contributed by atoms with Gasteiger partial charge in [-0.2, -0.15) is 4.98 Å². The molecular weight excluding hydrogens is 470 g/mol. The lowest BCUT2D eigenvalue weighted by atomic mass is 10.0. The number of carbonyl (C=O) groups excluding carboxylic acids is 1. The molecule has 1 aliphatic heterocycles. The Labute approximate surface area is 208 Å². The van der Waals surface area contributed by atoms with Crippen LogP contribution in [-0.2, 0) is 13.1 Å². The molecule has 3 heterocycles. The van der Waals surface area contributed by atoms with E-state index in [9.17, 15) is 9.90 Å². The van der Waals surface area contributed by atoms with Crippen LogP contribution >= 0.6 is 11.6 Å². The lowest BCUT2D eigenvalue weighted by Gasteiger charge is -2.34. The van der Waals surface area contributed by atoms with Crippen LogP contribution in [0.3, 0.4) is 0 Å². The number of nitrogens with one attached hydrogen (secondary N) is 2. The molecule has 1 aliphatic rings. The molecule has 2 aromatic heterocycles. The number of aliphatic hydroxyl groups is 1. The fourth-order valence-electron chi connectivity index (χ4n) is 3.95. The Kier molecular flexibility index (Phi) is 8.27. The number of aliphatic hydroxyl groups excluding tert-OH is 1. The van der Waals surface area contributed by atoms with Gasteiger partial charge in [-0.15, -0.1) is 0 Å². The Morgan fingerprint density at radius 3 is 2.80 bits per heavy atom. The molecule has 184 valence electrons. The summed E-state index contributed by atoms with van der Waals surface area (Å²) >= 11 is 6.27. The maximum atomic E-state index is 13.0. The molecule has 0 unspecified atom stereocenters. The van der Waals surface area contributed by atoms with Gasteiger partial charge in [-0.3, -0.25) is 4.79 Å². The normalized spacial score (nSPS) is 15.5. The molecule has 11 heteroatoms. The van der Waals surface area contributed by atoms with Gasteiger partial charge in [0.05, 0.1) is 31.3 Å². The van der Waals surface area contributed by atoms with Gasteiger partial charge < -0.3 is 25.4 Å². The maximum Gasteiger partial charge on any atom is 0.256 e. The molecule has 0 saturated carbocycles. The van der Waals surface area contributed by atoms with Crippen LogP contribution in [0.5, 0.6) is 5.75 Å². The van der Waals surface area contributed by atoms with Gasteiger partial charge in [0, 0.05) is 31.7 Å². The van der Waals surface area contributed by atoms with Crippen LogP contribution in [-0.4, -0.2) is 57.3 Å². The van der Waals surface area contributed by atoms with E-state index in [-0.39, 0.29) is 25.1 Å². The van der Waals surface area contributed by atoms with Gasteiger partial charge in [0.15, 0.2) is 0 Å². The van der Waals surface area contributed by atoms with Crippen molar-refractivity contribution in [3.63, 3.8) is 0 Å². The van der Waals surface area contributed by atoms with Crippen molar-refractivity contribution in [1.29, 1.82) is 0 Å². The quantitative estimate of drug-likeness (QED) is 0.409. The van der Waals surface area contributed by atoms with Crippen LogP contribution in [0.2, 0.25) is 5.02 Å². The predicted octanol–water partition coefficient (Wildman–Crippen LogP) is 2.82. The average Bonchev–Trinajstić information content (AvgIpc) is 2.91. The highest BCUT2D eigenvalue weighted by molar-refractivity contribution is 6.32. The van der Waals surface area contributed by atoms with Crippen molar-refractivity contribution in [1.82, 2.24) is 25.3 Å². The highest BCUT2D eigenvalue weighted by atomic mass is 35.5. The Morgan fingerprint density at radius 2 is 2.06 bits per heavy atom. The number of aromatic nitrogens is 4. The van der Waals surface area contributed by atoms with Crippen molar-refractivity contribution in [3.05, 3.63) is 64.8 Å². The molecule has 0 spiro atoms. The van der Waals surface area contributed by atoms with Crippen LogP contribution in [0.1, 0.15) is 41.0 Å². The molecule has 0 radical (unpaired) electrons. The molecule has 35 heavy (non-hydrogen) atoms. The van der Waals surface area contributed by atoms with Crippen molar-refractivity contribution in [2.75, 3.05) is 30.5 Å². The van der Waals surface area contributed by atoms with E-state index in [4.69, 9.17) is 16.3 Å². The maximum absolute atomic E-state index is 13.0. The summed E-state index contributed by atoms with van der Waals surface area (Å²) in [4.78, 5) is 32.4. The molecule has 3 N–H and O–H groups in total. The molecule has 1 amide bonds. The third-order valence-electron chi connectivity index (χ3n) is 5.82. The van der Waals surface area contributed by atoms with E-state index in [0.29, 0.717) is 40.5 Å². The number of piperidine rings is 1. The molecular formula is C24H28ClN7O3. The molecule has 0 aliphatic carbocycles. The van der Waals surface area contributed by atoms with Gasteiger partial charge >= 0.3 is 0 Å². The molecule has 3 aromatic rings. The Balaban J connectivity index is 1.57. The lowest BCUT2D eigenvalue weighted by Crippen LogP contribution is -2.43. The van der Waals surface area contributed by atoms with E-state index >= 15 is 0 Å². The van der Waals surface area contributed by atoms with Crippen molar-refractivity contribution >= 4 is 29.3 Å². The zero-order chi connectivity index (χ0) is 24.6. The van der Waals surface area contributed by atoms with E-state index in [1.54, 1.807) is 37.7 Å². The highest BCUT2D eigenvalue weighted by Gasteiger charge is 2.25. The van der Waals surface area contributed by atoms with Crippen molar-refractivity contribution in [2.45, 2.75) is 38.4 Å². The standard InChI is InChI=1S/C24H28ClN7O3/c1-35-20-7-6-16(11-19(20)25)12-28-22-18(23(34)29-14-21-26-8-4-9-27-21)13-30-24(31-22)32-10-3-2-5-17(32)15-33/h4,6-9,11,13,17,33H,2-3,5,10,12,14-15H2,1H3,(H,29,34)(H,28,30,31)/t17-/m0/s1. The van der Waals surface area contributed by atoms with Gasteiger partial charge in [0.2, 0.25) is 5.95 Å². The van der Waals surface area contributed by atoms with E-state index in [2.05, 4.69) is 30.6 Å². The lowest BCUT2D eigenvalue weighted by molar-refractivity contribution is 0.0950. The number of rotatable bonds is 9. The average molecular weight is 498 g/mol. The first-order chi connectivity index (χ1) is 17.1. The first-order valence-corrected chi connectivity index (χ1v) is 11.8. The first kappa shape index (κ1) is 24.6. The van der Waals surface area contributed by atoms with Gasteiger partial charge in [-0.25, -0.2) is 15.0 Å². The molecule has 1 atom stereocenters. The highest BCUT2D eigenvalue weighted by Crippen LogP contribution is 2.27. The van der Waals surface area contributed by atoms with Gasteiger partial charge in [-0.05, 0) is 43.0 Å². The summed E-state index contributed by atoms with van der Waals surface area (Å²) in [5.74, 6) is 1.59. The van der Waals surface area contributed by atoms with Crippen molar-refractivity contribution in [3.8, 4) is 5.75 Å². The second-order valence-electron chi connectivity index (χ2n) is 8.13. The van der Waals surface area contributed by atoms with Gasteiger partial charge in [0.1, 0.15) is 23.0 Å². The third-order valence-corrected chi connectivity index (χ3v) is 6.11. The molecule has 1 saturated heterocycles. The molecule has 4 rings (SSSR count). The van der Waals surface area contributed by atoms with Crippen molar-refractivity contribution < 1.29 is 14.6 Å². The number of nitrogens with zero attached hydrogens (tertiary/aromatic N) is 5. The van der Waals surface area contributed by atoms with E-state index in [1.165, 1.54) is 6.20 Å². The fraction of sp³-hybridized carbons (Fsp3) is 0.375. The minimum Gasteiger partial charge on any atom is -0.495 e.